The molecule has 3 N–H and O–H groups in total. The molecule has 0 aliphatic carbocycles. The molecule has 1 rings (SSSR count). The number of anilines is 1. The third kappa shape index (κ3) is 6.41. The molecule has 0 aliphatic heterocycles. The molecule has 0 fully saturated rings. The number of hydrogen-bond donors (Lipinski definition) is 3. The van der Waals surface area contributed by atoms with E-state index in [1.54, 1.807) is 30.3 Å². The van der Waals surface area contributed by atoms with E-state index in [1.807, 2.05) is 13.8 Å². The number of carbonyl (C=O) groups is 2. The number of hydrogen-bond acceptors (Lipinski definition) is 4. The van der Waals surface area contributed by atoms with E-state index in [9.17, 15) is 9.59 Å². The van der Waals surface area contributed by atoms with Gasteiger partial charge in [0.2, 0.25) is 0 Å². The highest BCUT2D eigenvalue weighted by Crippen LogP contribution is 2.15. The molecule has 0 radical (unpaired) electrons. The second-order valence-electron chi connectivity index (χ2n) is 5.32. The maximum Gasteiger partial charge on any atom is 0.326 e. The van der Waals surface area contributed by atoms with Gasteiger partial charge in [0.25, 0.3) is 5.91 Å². The molecule has 122 valence electrons. The van der Waals surface area contributed by atoms with E-state index in [0.717, 1.165) is 0 Å². The van der Waals surface area contributed by atoms with Crippen molar-refractivity contribution < 1.29 is 14.7 Å². The van der Waals surface area contributed by atoms with Crippen LogP contribution in [0.1, 0.15) is 20.3 Å². The number of amides is 1. The van der Waals surface area contributed by atoms with Gasteiger partial charge in [-0.05, 0) is 30.5 Å². The van der Waals surface area contributed by atoms with Crippen LogP contribution in [0.15, 0.2) is 36.0 Å². The molecule has 0 heterocycles. The fraction of sp³-hybridized carbons (Fsp3) is 0.312. The smallest absolute Gasteiger partial charge is 0.326 e. The first kappa shape index (κ1) is 18.5. The number of halogens is 1. The van der Waals surface area contributed by atoms with Crippen LogP contribution in [0.4, 0.5) is 5.69 Å². The molecule has 1 aromatic rings. The highest BCUT2D eigenvalue weighted by molar-refractivity contribution is 6.30. The van der Waals surface area contributed by atoms with Crippen molar-refractivity contribution in [3.05, 3.63) is 41.1 Å². The Morgan fingerprint density at radius 2 is 2.13 bits per heavy atom. The van der Waals surface area contributed by atoms with Gasteiger partial charge < -0.3 is 15.7 Å². The molecule has 0 aliphatic rings. The van der Waals surface area contributed by atoms with Crippen molar-refractivity contribution in [3.8, 4) is 6.07 Å². The molecule has 0 saturated carbocycles. The van der Waals surface area contributed by atoms with E-state index < -0.39 is 17.9 Å². The molecule has 0 spiro atoms. The Balaban J connectivity index is 2.79. The predicted molar refractivity (Wildman–Crippen MR) is 87.8 cm³/mol. The minimum absolute atomic E-state index is 0.0931. The molecule has 1 amide bonds. The lowest BCUT2D eigenvalue weighted by Crippen LogP contribution is -2.42. The van der Waals surface area contributed by atoms with Gasteiger partial charge in [-0.3, -0.25) is 4.79 Å². The lowest BCUT2D eigenvalue weighted by atomic mass is 10.0. The Bertz CT molecular complexity index is 650. The van der Waals surface area contributed by atoms with Crippen LogP contribution in [0.2, 0.25) is 5.02 Å². The summed E-state index contributed by atoms with van der Waals surface area (Å²) in [5.41, 5.74) is 0.384. The van der Waals surface area contributed by atoms with Gasteiger partial charge in [-0.15, -0.1) is 0 Å². The summed E-state index contributed by atoms with van der Waals surface area (Å²) in [6.45, 7) is 3.70. The summed E-state index contributed by atoms with van der Waals surface area (Å²) in [6, 6.07) is 7.46. The van der Waals surface area contributed by atoms with E-state index in [1.165, 1.54) is 6.20 Å². The first-order chi connectivity index (χ1) is 10.8. The summed E-state index contributed by atoms with van der Waals surface area (Å²) in [5, 5.41) is 23.8. The molecule has 0 saturated heterocycles. The zero-order valence-corrected chi connectivity index (χ0v) is 13.6. The Morgan fingerprint density at radius 1 is 1.43 bits per heavy atom. The van der Waals surface area contributed by atoms with E-state index in [4.69, 9.17) is 22.0 Å². The van der Waals surface area contributed by atoms with Gasteiger partial charge in [0, 0.05) is 16.9 Å². The second kappa shape index (κ2) is 8.81. The fourth-order valence-electron chi connectivity index (χ4n) is 1.81. The van der Waals surface area contributed by atoms with Crippen molar-refractivity contribution in [1.82, 2.24) is 5.32 Å². The summed E-state index contributed by atoms with van der Waals surface area (Å²) in [5.74, 6) is -1.78. The topological polar surface area (TPSA) is 102 Å². The van der Waals surface area contributed by atoms with E-state index in [2.05, 4.69) is 10.6 Å². The lowest BCUT2D eigenvalue weighted by molar-refractivity contribution is -0.141. The number of nitriles is 1. The number of carboxylic acids is 1. The molecule has 1 aromatic carbocycles. The molecule has 7 heteroatoms. The zero-order valence-electron chi connectivity index (χ0n) is 12.8. The maximum atomic E-state index is 12.0. The van der Waals surface area contributed by atoms with Crippen molar-refractivity contribution in [1.29, 1.82) is 5.26 Å². The number of aliphatic carboxylic acids is 1. The van der Waals surface area contributed by atoms with E-state index in [-0.39, 0.29) is 17.9 Å². The van der Waals surface area contributed by atoms with Crippen molar-refractivity contribution in [2.75, 3.05) is 5.32 Å². The van der Waals surface area contributed by atoms with Crippen LogP contribution >= 0.6 is 11.6 Å². The Labute approximate surface area is 139 Å². The molecule has 6 nitrogen and oxygen atoms in total. The van der Waals surface area contributed by atoms with Crippen LogP contribution in [-0.2, 0) is 9.59 Å². The van der Waals surface area contributed by atoms with E-state index >= 15 is 0 Å². The monoisotopic (exact) mass is 335 g/mol. The van der Waals surface area contributed by atoms with Gasteiger partial charge in [0.1, 0.15) is 17.7 Å². The highest BCUT2D eigenvalue weighted by atomic mass is 35.5. The van der Waals surface area contributed by atoms with Crippen molar-refractivity contribution in [3.63, 3.8) is 0 Å². The average molecular weight is 336 g/mol. The second-order valence-corrected chi connectivity index (χ2v) is 5.75. The number of carboxylic acid groups (broad SMARTS) is 1. The van der Waals surface area contributed by atoms with Gasteiger partial charge in [-0.1, -0.05) is 31.5 Å². The lowest BCUT2D eigenvalue weighted by Gasteiger charge is -2.16. The molecule has 23 heavy (non-hydrogen) atoms. The highest BCUT2D eigenvalue weighted by Gasteiger charge is 2.22. The van der Waals surface area contributed by atoms with Gasteiger partial charge in [-0.25, -0.2) is 4.79 Å². The van der Waals surface area contributed by atoms with Crippen LogP contribution < -0.4 is 10.6 Å². The van der Waals surface area contributed by atoms with Gasteiger partial charge in [-0.2, -0.15) is 5.26 Å². The Morgan fingerprint density at radius 3 is 2.65 bits per heavy atom. The summed E-state index contributed by atoms with van der Waals surface area (Å²) in [7, 11) is 0. The van der Waals surface area contributed by atoms with Gasteiger partial charge >= 0.3 is 5.97 Å². The van der Waals surface area contributed by atoms with Crippen LogP contribution in [0, 0.1) is 17.2 Å². The summed E-state index contributed by atoms with van der Waals surface area (Å²) in [6.07, 6.45) is 1.50. The molecule has 0 bridgehead atoms. The molecular formula is C16H18ClN3O3. The Hall–Kier alpha value is -2.52. The van der Waals surface area contributed by atoms with Crippen LogP contribution in [0.5, 0.6) is 0 Å². The fourth-order valence-corrected chi connectivity index (χ4v) is 2.00. The SMILES string of the molecule is CC(C)CC(NC(=O)/C(C#N)=C\Nc1cccc(Cl)c1)C(=O)O. The Kier molecular flexibility index (Phi) is 7.10. The number of nitrogens with zero attached hydrogens (tertiary/aromatic N) is 1. The minimum Gasteiger partial charge on any atom is -0.480 e. The van der Waals surface area contributed by atoms with E-state index in [0.29, 0.717) is 10.7 Å². The van der Waals surface area contributed by atoms with Crippen molar-refractivity contribution in [2.24, 2.45) is 5.92 Å². The quantitative estimate of drug-likeness (QED) is 0.525. The van der Waals surface area contributed by atoms with Gasteiger partial charge in [0.05, 0.1) is 0 Å². The molecule has 0 aromatic heterocycles. The van der Waals surface area contributed by atoms with Crippen molar-refractivity contribution >= 4 is 29.2 Å². The first-order valence-electron chi connectivity index (χ1n) is 6.99. The molecule has 1 atom stereocenters. The van der Waals surface area contributed by atoms with Crippen LogP contribution in [0.25, 0.3) is 0 Å². The predicted octanol–water partition coefficient (Wildman–Crippen LogP) is 2.77. The zero-order chi connectivity index (χ0) is 17.4. The summed E-state index contributed by atoms with van der Waals surface area (Å²) >= 11 is 5.84. The normalized spacial score (nSPS) is 12.4. The standard InChI is InChI=1S/C16H18ClN3O3/c1-10(2)6-14(16(22)23)20-15(21)11(8-18)9-19-13-5-3-4-12(17)7-13/h3-5,7,9-10,14,19H,6H2,1-2H3,(H,20,21)(H,22,23)/b11-9-. The van der Waals surface area contributed by atoms with Gasteiger partial charge in [0.15, 0.2) is 0 Å². The van der Waals surface area contributed by atoms with Crippen LogP contribution in [-0.4, -0.2) is 23.0 Å². The number of benzene rings is 1. The number of rotatable bonds is 7. The summed E-state index contributed by atoms with van der Waals surface area (Å²) < 4.78 is 0. The first-order valence-corrected chi connectivity index (χ1v) is 7.37. The third-order valence-electron chi connectivity index (χ3n) is 2.88. The molecule has 1 unspecified atom stereocenters. The maximum absolute atomic E-state index is 12.0. The largest absolute Gasteiger partial charge is 0.480 e. The third-order valence-corrected chi connectivity index (χ3v) is 3.12. The minimum atomic E-state index is -1.13. The average Bonchev–Trinajstić information content (AvgIpc) is 2.46. The number of carbonyl (C=O) groups excluding carboxylic acids is 1. The summed E-state index contributed by atoms with van der Waals surface area (Å²) in [4.78, 5) is 23.2. The van der Waals surface area contributed by atoms with Crippen molar-refractivity contribution in [2.45, 2.75) is 26.3 Å². The number of nitrogens with one attached hydrogen (secondary N) is 2. The van der Waals surface area contributed by atoms with Crippen LogP contribution in [0.3, 0.4) is 0 Å². The molecular weight excluding hydrogens is 318 g/mol.